The summed E-state index contributed by atoms with van der Waals surface area (Å²) in [4.78, 5) is 8.54. The summed E-state index contributed by atoms with van der Waals surface area (Å²) in [6.07, 6.45) is 2.09. The molecule has 1 unspecified atom stereocenters. The number of pyridine rings is 2. The molecule has 226 valence electrons. The molecule has 1 atom stereocenters. The van der Waals surface area contributed by atoms with E-state index in [-0.39, 0.29) is 27.3 Å². The van der Waals surface area contributed by atoms with Crippen LogP contribution in [0.25, 0.3) is 21.8 Å². The summed E-state index contributed by atoms with van der Waals surface area (Å²) in [6, 6.07) is 11.1. The highest BCUT2D eigenvalue weighted by atomic mass is 35.5. The number of rotatable bonds is 8. The highest BCUT2D eigenvalue weighted by Gasteiger charge is 2.47. The van der Waals surface area contributed by atoms with Crippen molar-refractivity contribution in [2.75, 3.05) is 17.2 Å². The smallest absolute Gasteiger partial charge is 0.382 e. The maximum atomic E-state index is 14.8. The van der Waals surface area contributed by atoms with Gasteiger partial charge in [-0.05, 0) is 63.4 Å². The number of alkyl halides is 3. The Morgan fingerprint density at radius 2 is 1.89 bits per heavy atom. The molecule has 2 N–H and O–H groups in total. The van der Waals surface area contributed by atoms with E-state index in [1.54, 1.807) is 30.3 Å². The number of anilines is 2. The van der Waals surface area contributed by atoms with Crippen LogP contribution in [-0.4, -0.2) is 37.7 Å². The number of hydrogen-bond donors (Lipinski definition) is 2. The van der Waals surface area contributed by atoms with Crippen molar-refractivity contribution in [3.8, 4) is 6.07 Å². The van der Waals surface area contributed by atoms with E-state index < -0.39 is 30.0 Å². The first-order valence-electron chi connectivity index (χ1n) is 13.9. The highest BCUT2D eigenvalue weighted by molar-refractivity contribution is 6.35. The topological polar surface area (TPSA) is 104 Å². The van der Waals surface area contributed by atoms with Crippen molar-refractivity contribution < 1.29 is 17.6 Å². The van der Waals surface area contributed by atoms with Gasteiger partial charge in [0.25, 0.3) is 0 Å². The normalized spacial score (nSPS) is 15.2. The quantitative estimate of drug-likeness (QED) is 0.171. The number of nitriles is 1. The van der Waals surface area contributed by atoms with E-state index in [4.69, 9.17) is 11.6 Å². The monoisotopic (exact) mass is 622 g/mol. The van der Waals surface area contributed by atoms with Crippen LogP contribution in [0, 0.1) is 22.6 Å². The first-order chi connectivity index (χ1) is 20.8. The Hall–Kier alpha value is -4.50. The Morgan fingerprint density at radius 1 is 1.11 bits per heavy atom. The molecule has 1 saturated carbocycles. The number of halogens is 5. The Bertz CT molecular complexity index is 1940. The fourth-order valence-corrected chi connectivity index (χ4v) is 5.27. The molecule has 8 nitrogen and oxygen atoms in total. The molecule has 2 aromatic carbocycles. The lowest BCUT2D eigenvalue weighted by molar-refractivity contribution is -0.206. The maximum absolute atomic E-state index is 14.8. The fourth-order valence-electron chi connectivity index (χ4n) is 5.00. The van der Waals surface area contributed by atoms with Gasteiger partial charge in [-0.1, -0.05) is 28.9 Å². The van der Waals surface area contributed by atoms with Crippen molar-refractivity contribution in [2.45, 2.75) is 51.4 Å². The van der Waals surface area contributed by atoms with E-state index in [1.165, 1.54) is 18.5 Å². The average molecular weight is 623 g/mol. The zero-order valence-corrected chi connectivity index (χ0v) is 24.7. The Balaban J connectivity index is 1.47. The van der Waals surface area contributed by atoms with Gasteiger partial charge in [0.2, 0.25) is 0 Å². The van der Waals surface area contributed by atoms with Crippen LogP contribution in [0.15, 0.2) is 55.0 Å². The zero-order chi connectivity index (χ0) is 31.4. The molecule has 13 heteroatoms. The maximum Gasteiger partial charge on any atom is 0.395 e. The minimum atomic E-state index is -4.48. The van der Waals surface area contributed by atoms with Gasteiger partial charge in [0.1, 0.15) is 23.1 Å². The van der Waals surface area contributed by atoms with Gasteiger partial charge in [-0.15, -0.1) is 5.10 Å². The Kier molecular flexibility index (Phi) is 7.12. The Morgan fingerprint density at radius 3 is 2.59 bits per heavy atom. The van der Waals surface area contributed by atoms with Crippen LogP contribution in [0.4, 0.5) is 28.9 Å². The largest absolute Gasteiger partial charge is 0.395 e. The summed E-state index contributed by atoms with van der Waals surface area (Å²) < 4.78 is 57.5. The Labute approximate surface area is 255 Å². The minimum absolute atomic E-state index is 0.0662. The van der Waals surface area contributed by atoms with Gasteiger partial charge in [0.15, 0.2) is 0 Å². The van der Waals surface area contributed by atoms with Crippen molar-refractivity contribution in [3.63, 3.8) is 0 Å². The van der Waals surface area contributed by atoms with Gasteiger partial charge >= 0.3 is 6.18 Å². The third kappa shape index (κ3) is 5.26. The SMILES string of the molecule is CC1(n2cc(C(Nc3cc(Cl)c4ncc(C#N)c(NCC(C)(C)C(F)(F)F)c4c3)c3ccc(F)c4ncccc34)nn2)CC1. The summed E-state index contributed by atoms with van der Waals surface area (Å²) in [7, 11) is 0. The van der Waals surface area contributed by atoms with Gasteiger partial charge in [-0.25, -0.2) is 9.07 Å². The molecule has 3 heterocycles. The molecular weight excluding hydrogens is 596 g/mol. The predicted octanol–water partition coefficient (Wildman–Crippen LogP) is 7.75. The number of benzene rings is 2. The molecule has 1 aliphatic carbocycles. The molecule has 0 aliphatic heterocycles. The van der Waals surface area contributed by atoms with Crippen LogP contribution in [0.2, 0.25) is 5.02 Å². The number of fused-ring (bicyclic) bond motifs is 2. The van der Waals surface area contributed by atoms with E-state index >= 15 is 0 Å². The highest BCUT2D eigenvalue weighted by Crippen LogP contribution is 2.43. The second-order valence-corrected chi connectivity index (χ2v) is 12.4. The van der Waals surface area contributed by atoms with Crippen LogP contribution in [0.3, 0.4) is 0 Å². The molecule has 0 spiro atoms. The lowest BCUT2D eigenvalue weighted by Crippen LogP contribution is -2.38. The molecule has 0 amide bonds. The van der Waals surface area contributed by atoms with E-state index in [9.17, 15) is 22.8 Å². The molecule has 6 rings (SSSR count). The van der Waals surface area contributed by atoms with Gasteiger partial charge in [-0.3, -0.25) is 9.97 Å². The van der Waals surface area contributed by atoms with Crippen LogP contribution in [0.1, 0.15) is 56.5 Å². The van der Waals surface area contributed by atoms with Gasteiger partial charge in [-0.2, -0.15) is 18.4 Å². The van der Waals surface area contributed by atoms with Crippen LogP contribution in [-0.2, 0) is 5.54 Å². The van der Waals surface area contributed by atoms with E-state index in [0.717, 1.165) is 26.7 Å². The third-order valence-electron chi connectivity index (χ3n) is 8.23. The average Bonchev–Trinajstić information content (AvgIpc) is 3.53. The summed E-state index contributed by atoms with van der Waals surface area (Å²) in [6.45, 7) is 3.76. The van der Waals surface area contributed by atoms with Crippen LogP contribution in [0.5, 0.6) is 0 Å². The van der Waals surface area contributed by atoms with Crippen LogP contribution >= 0.6 is 11.6 Å². The summed E-state index contributed by atoms with van der Waals surface area (Å²) in [5, 5.41) is 26.0. The predicted molar refractivity (Wildman–Crippen MR) is 160 cm³/mol. The summed E-state index contributed by atoms with van der Waals surface area (Å²) in [5.74, 6) is -0.474. The molecule has 44 heavy (non-hydrogen) atoms. The van der Waals surface area contributed by atoms with Crippen LogP contribution < -0.4 is 10.6 Å². The summed E-state index contributed by atoms with van der Waals surface area (Å²) >= 11 is 6.67. The van der Waals surface area contributed by atoms with Gasteiger partial charge in [0, 0.05) is 35.4 Å². The van der Waals surface area contributed by atoms with E-state index in [1.807, 2.05) is 16.9 Å². The molecule has 3 aromatic heterocycles. The van der Waals surface area contributed by atoms with E-state index in [0.29, 0.717) is 33.2 Å². The molecule has 1 aliphatic rings. The van der Waals surface area contributed by atoms with E-state index in [2.05, 4.69) is 37.8 Å². The third-order valence-corrected chi connectivity index (χ3v) is 8.52. The lowest BCUT2D eigenvalue weighted by Gasteiger charge is -2.28. The van der Waals surface area contributed by atoms with Gasteiger partial charge < -0.3 is 10.6 Å². The lowest BCUT2D eigenvalue weighted by atomic mass is 9.92. The molecule has 0 bridgehead atoms. The molecule has 0 radical (unpaired) electrons. The number of nitrogens with one attached hydrogen (secondary N) is 2. The second kappa shape index (κ2) is 10.6. The second-order valence-electron chi connectivity index (χ2n) is 11.9. The first kappa shape index (κ1) is 29.6. The number of nitrogens with zero attached hydrogens (tertiary/aromatic N) is 6. The van der Waals surface area contributed by atoms with Crippen molar-refractivity contribution >= 4 is 44.8 Å². The minimum Gasteiger partial charge on any atom is -0.382 e. The van der Waals surface area contributed by atoms with Gasteiger partial charge in [0.05, 0.1) is 45.0 Å². The first-order valence-corrected chi connectivity index (χ1v) is 14.2. The van der Waals surface area contributed by atoms with Crippen molar-refractivity contribution in [1.82, 2.24) is 25.0 Å². The standard InChI is InChI=1S/C31H27ClF4N8/c1-29(2,31(34,35)36)16-40-25-17(13-37)14-39-26-21(25)11-18(12-22(26)32)41-28(24-15-44(43-42-24)30(3)8-9-30)20-6-7-23(33)27-19(20)5-4-10-38-27/h4-7,10-12,14-15,28,41H,8-9,16H2,1-3H3,(H,39,40). The fraction of sp³-hybridized carbons (Fsp3) is 0.323. The molecule has 1 fully saturated rings. The zero-order valence-electron chi connectivity index (χ0n) is 24.0. The number of hydrogen-bond acceptors (Lipinski definition) is 7. The van der Waals surface area contributed by atoms with Crippen molar-refractivity contribution in [3.05, 3.63) is 82.6 Å². The summed E-state index contributed by atoms with van der Waals surface area (Å²) in [5.41, 5.74) is 0.239. The molecular formula is C31H27ClF4N8. The molecule has 5 aromatic rings. The van der Waals surface area contributed by atoms with Crippen molar-refractivity contribution in [2.24, 2.45) is 5.41 Å². The van der Waals surface area contributed by atoms with Crippen molar-refractivity contribution in [1.29, 1.82) is 5.26 Å². The number of aromatic nitrogens is 5. The molecule has 0 saturated heterocycles.